The van der Waals surface area contributed by atoms with Crippen LogP contribution in [0.15, 0.2) is 89.9 Å². The lowest BCUT2D eigenvalue weighted by atomic mass is 9.79. The largest absolute Gasteiger partial charge is 0.494 e. The number of rotatable bonds is 7. The van der Waals surface area contributed by atoms with Gasteiger partial charge in [-0.25, -0.2) is 9.18 Å². The molecule has 6 rings (SSSR count). The third-order valence-corrected chi connectivity index (χ3v) is 8.11. The van der Waals surface area contributed by atoms with Crippen LogP contribution >= 0.6 is 11.6 Å². The molecule has 42 heavy (non-hydrogen) atoms. The van der Waals surface area contributed by atoms with Gasteiger partial charge in [-0.15, -0.1) is 5.10 Å². The molecule has 3 atom stereocenters. The van der Waals surface area contributed by atoms with E-state index < -0.39 is 6.09 Å². The van der Waals surface area contributed by atoms with Crippen LogP contribution in [0.3, 0.4) is 0 Å². The molecule has 1 aliphatic carbocycles. The van der Waals surface area contributed by atoms with E-state index in [2.05, 4.69) is 41.1 Å². The number of hydrazone groups is 1. The van der Waals surface area contributed by atoms with Gasteiger partial charge in [0.2, 0.25) is 0 Å². The van der Waals surface area contributed by atoms with Crippen molar-refractivity contribution < 1.29 is 18.7 Å². The summed E-state index contributed by atoms with van der Waals surface area (Å²) in [5.41, 5.74) is 3.12. The molecule has 0 bridgehead atoms. The Bertz CT molecular complexity index is 1620. The predicted molar refractivity (Wildman–Crippen MR) is 162 cm³/mol. The first-order valence-electron chi connectivity index (χ1n) is 14.2. The lowest BCUT2D eigenvalue weighted by Crippen LogP contribution is -2.45. The van der Waals surface area contributed by atoms with Crippen LogP contribution in [0.25, 0.3) is 10.9 Å². The summed E-state index contributed by atoms with van der Waals surface area (Å²) in [6, 6.07) is 11.0. The van der Waals surface area contributed by atoms with Crippen LogP contribution in [0.2, 0.25) is 5.02 Å². The van der Waals surface area contributed by atoms with Gasteiger partial charge in [0.05, 0.1) is 12.6 Å². The summed E-state index contributed by atoms with van der Waals surface area (Å²) in [5.74, 6) is 3.67. The van der Waals surface area contributed by atoms with E-state index in [1.807, 2.05) is 41.6 Å². The SMILES string of the molecule is CC1C=C(OCCCN2C=CCC=C=N2)C=CC1C1c2[nH]c3ccc(Cl)cc3c2CCN1C(=O)Oc1ccc(F)cc1. The summed E-state index contributed by atoms with van der Waals surface area (Å²) in [7, 11) is 0. The molecule has 3 unspecified atom stereocenters. The highest BCUT2D eigenvalue weighted by atomic mass is 35.5. The standard InChI is InChI=1S/C33H32ClFN4O3/c1-22-20-26(41-19-5-17-38-16-4-2-3-15-36-38)11-12-27(22)32-31-28(29-21-23(34)6-13-30(29)37-31)14-18-39(32)33(40)42-25-9-7-24(35)8-10-25/h3-4,6-13,16,20-22,27,32,37H,2,5,14,17-19H2,1H3. The quantitative estimate of drug-likeness (QED) is 0.291. The number of hydrogen-bond donors (Lipinski definition) is 1. The Morgan fingerprint density at radius 3 is 2.93 bits per heavy atom. The molecule has 1 aromatic heterocycles. The average Bonchev–Trinajstić information content (AvgIpc) is 3.15. The Morgan fingerprint density at radius 1 is 1.24 bits per heavy atom. The van der Waals surface area contributed by atoms with E-state index in [1.54, 1.807) is 4.90 Å². The first kappa shape index (κ1) is 27.9. The van der Waals surface area contributed by atoms with E-state index in [-0.39, 0.29) is 23.7 Å². The summed E-state index contributed by atoms with van der Waals surface area (Å²) < 4.78 is 25.3. The molecule has 0 radical (unpaired) electrons. The summed E-state index contributed by atoms with van der Waals surface area (Å²) in [5, 5.41) is 7.87. The first-order valence-corrected chi connectivity index (χ1v) is 14.6. The number of nitrogens with one attached hydrogen (secondary N) is 1. The van der Waals surface area contributed by atoms with Gasteiger partial charge in [0.1, 0.15) is 17.3 Å². The van der Waals surface area contributed by atoms with E-state index in [4.69, 9.17) is 21.1 Å². The van der Waals surface area contributed by atoms with Gasteiger partial charge in [0, 0.05) is 59.1 Å². The summed E-state index contributed by atoms with van der Waals surface area (Å²) in [6.45, 7) is 3.91. The number of carbonyl (C=O) groups is 1. The molecular formula is C33H32ClFN4O3. The van der Waals surface area contributed by atoms with Crippen LogP contribution in [-0.4, -0.2) is 46.6 Å². The number of fused-ring (bicyclic) bond motifs is 3. The highest BCUT2D eigenvalue weighted by Gasteiger charge is 2.41. The van der Waals surface area contributed by atoms with E-state index in [0.717, 1.165) is 47.3 Å². The smallest absolute Gasteiger partial charge is 0.415 e. The number of aromatic nitrogens is 1. The molecule has 0 saturated heterocycles. The second-order valence-corrected chi connectivity index (χ2v) is 11.1. The van der Waals surface area contributed by atoms with E-state index in [1.165, 1.54) is 24.3 Å². The molecule has 2 aliphatic heterocycles. The van der Waals surface area contributed by atoms with Gasteiger partial charge in [-0.1, -0.05) is 30.7 Å². The molecule has 0 saturated carbocycles. The maximum absolute atomic E-state index is 13.6. The van der Waals surface area contributed by atoms with Gasteiger partial charge in [0.25, 0.3) is 0 Å². The fraction of sp³-hybridized carbons (Fsp3) is 0.303. The lowest BCUT2D eigenvalue weighted by molar-refractivity contribution is 0.103. The Labute approximate surface area is 249 Å². The number of nitrogens with zero attached hydrogens (tertiary/aromatic N) is 3. The highest BCUT2D eigenvalue weighted by Crippen LogP contribution is 2.44. The second-order valence-electron chi connectivity index (χ2n) is 10.7. The molecule has 9 heteroatoms. The summed E-state index contributed by atoms with van der Waals surface area (Å²) in [4.78, 5) is 18.9. The number of amides is 1. The number of carbonyl (C=O) groups excluding carboxylic acids is 1. The molecule has 3 heterocycles. The number of aromatic amines is 1. The van der Waals surface area contributed by atoms with Crippen molar-refractivity contribution in [3.05, 3.63) is 107 Å². The van der Waals surface area contributed by atoms with Gasteiger partial charge in [-0.2, -0.15) is 0 Å². The number of ether oxygens (including phenoxy) is 2. The van der Waals surface area contributed by atoms with Crippen molar-refractivity contribution in [2.45, 2.75) is 32.2 Å². The average molecular weight is 587 g/mol. The third-order valence-electron chi connectivity index (χ3n) is 7.88. The molecule has 0 spiro atoms. The second kappa shape index (κ2) is 12.3. The number of H-pyrrole nitrogens is 1. The van der Waals surface area contributed by atoms with Crippen molar-refractivity contribution in [2.24, 2.45) is 16.9 Å². The van der Waals surface area contributed by atoms with Gasteiger partial charge in [0.15, 0.2) is 0 Å². The zero-order chi connectivity index (χ0) is 29.1. The molecule has 3 aliphatic rings. The molecule has 1 N–H and O–H groups in total. The van der Waals surface area contributed by atoms with Crippen molar-refractivity contribution in [3.8, 4) is 5.75 Å². The van der Waals surface area contributed by atoms with Crippen molar-refractivity contribution in [1.29, 1.82) is 0 Å². The minimum Gasteiger partial charge on any atom is -0.494 e. The zero-order valence-corrected chi connectivity index (χ0v) is 24.1. The van der Waals surface area contributed by atoms with Crippen LogP contribution in [-0.2, 0) is 11.2 Å². The van der Waals surface area contributed by atoms with Gasteiger partial charge < -0.3 is 14.5 Å². The van der Waals surface area contributed by atoms with E-state index >= 15 is 0 Å². The molecule has 1 amide bonds. The van der Waals surface area contributed by atoms with Crippen molar-refractivity contribution in [2.75, 3.05) is 19.7 Å². The zero-order valence-electron chi connectivity index (χ0n) is 23.3. The van der Waals surface area contributed by atoms with Gasteiger partial charge >= 0.3 is 6.09 Å². The predicted octanol–water partition coefficient (Wildman–Crippen LogP) is 7.53. The highest BCUT2D eigenvalue weighted by molar-refractivity contribution is 6.31. The Morgan fingerprint density at radius 2 is 2.10 bits per heavy atom. The molecule has 0 fully saturated rings. The Balaban J connectivity index is 1.21. The Hall–Kier alpha value is -4.26. The molecule has 3 aromatic rings. The maximum atomic E-state index is 13.6. The topological polar surface area (TPSA) is 70.2 Å². The minimum absolute atomic E-state index is 0.0379. The van der Waals surface area contributed by atoms with Gasteiger partial charge in [-0.3, -0.25) is 9.91 Å². The van der Waals surface area contributed by atoms with Crippen molar-refractivity contribution >= 4 is 34.5 Å². The molecular weight excluding hydrogens is 555 g/mol. The number of hydrogen-bond acceptors (Lipinski definition) is 5. The first-order chi connectivity index (χ1) is 20.5. The van der Waals surface area contributed by atoms with E-state index in [9.17, 15) is 9.18 Å². The monoisotopic (exact) mass is 586 g/mol. The molecule has 216 valence electrons. The van der Waals surface area contributed by atoms with Crippen molar-refractivity contribution in [1.82, 2.24) is 14.9 Å². The van der Waals surface area contributed by atoms with Gasteiger partial charge in [-0.05, 0) is 85.0 Å². The normalized spacial score (nSPS) is 21.3. The number of benzene rings is 2. The van der Waals surface area contributed by atoms with Crippen molar-refractivity contribution in [3.63, 3.8) is 0 Å². The van der Waals surface area contributed by atoms with Crippen LogP contribution in [0.5, 0.6) is 5.75 Å². The minimum atomic E-state index is -0.472. The lowest BCUT2D eigenvalue weighted by Gasteiger charge is -2.41. The fourth-order valence-electron chi connectivity index (χ4n) is 5.85. The number of allylic oxidation sites excluding steroid dienone is 4. The molecule has 7 nitrogen and oxygen atoms in total. The van der Waals surface area contributed by atoms with E-state index in [0.29, 0.717) is 30.3 Å². The summed E-state index contributed by atoms with van der Waals surface area (Å²) in [6.07, 6.45) is 14.0. The van der Waals surface area contributed by atoms with Crippen LogP contribution in [0.1, 0.15) is 37.1 Å². The maximum Gasteiger partial charge on any atom is 0.415 e. The number of halogens is 2. The molecule has 2 aromatic carbocycles. The van der Waals surface area contributed by atoms with Crippen LogP contribution in [0.4, 0.5) is 9.18 Å². The summed E-state index contributed by atoms with van der Waals surface area (Å²) >= 11 is 6.35. The van der Waals surface area contributed by atoms with Crippen LogP contribution < -0.4 is 4.74 Å². The third kappa shape index (κ3) is 6.01. The van der Waals surface area contributed by atoms with Crippen LogP contribution in [0, 0.1) is 17.7 Å². The fourth-order valence-corrected chi connectivity index (χ4v) is 6.02. The Kier molecular flexibility index (Phi) is 8.17.